The van der Waals surface area contributed by atoms with Crippen molar-refractivity contribution in [1.29, 1.82) is 0 Å². The van der Waals surface area contributed by atoms with Gasteiger partial charge in [-0.1, -0.05) is 29.5 Å². The molecule has 1 aromatic heterocycles. The van der Waals surface area contributed by atoms with Crippen LogP contribution in [0.4, 0.5) is 5.95 Å². The van der Waals surface area contributed by atoms with E-state index in [2.05, 4.69) is 50.7 Å². The summed E-state index contributed by atoms with van der Waals surface area (Å²) < 4.78 is 5.28. The van der Waals surface area contributed by atoms with Gasteiger partial charge in [0.15, 0.2) is 0 Å². The van der Waals surface area contributed by atoms with Crippen molar-refractivity contribution < 1.29 is 4.74 Å². The first-order valence-corrected chi connectivity index (χ1v) is 8.75. The molecule has 5 heteroatoms. The van der Waals surface area contributed by atoms with Gasteiger partial charge in [-0.3, -0.25) is 4.90 Å². The third-order valence-corrected chi connectivity index (χ3v) is 4.77. The lowest BCUT2D eigenvalue weighted by Gasteiger charge is -2.42. The molecule has 0 radical (unpaired) electrons. The first-order valence-electron chi connectivity index (χ1n) is 8.75. The van der Waals surface area contributed by atoms with Gasteiger partial charge in [-0.25, -0.2) is 9.97 Å². The molecule has 0 amide bonds. The Labute approximate surface area is 148 Å². The fraction of sp³-hybridized carbons (Fsp3) is 0.400. The zero-order valence-electron chi connectivity index (χ0n) is 14.5. The Morgan fingerprint density at radius 1 is 0.920 bits per heavy atom. The van der Waals surface area contributed by atoms with Crippen molar-refractivity contribution in [3.8, 4) is 11.8 Å². The minimum absolute atomic E-state index is 0.613. The molecule has 2 aromatic rings. The molecule has 25 heavy (non-hydrogen) atoms. The molecule has 2 saturated heterocycles. The SMILES string of the molecule is Cc1ccc(C#Cc2cnc(N3CCN(C4COC4)CC3)nc2)cc1. The summed E-state index contributed by atoms with van der Waals surface area (Å²) in [5.41, 5.74) is 3.09. The molecule has 1 aromatic carbocycles. The van der Waals surface area contributed by atoms with Crippen molar-refractivity contribution in [3.63, 3.8) is 0 Å². The van der Waals surface area contributed by atoms with Crippen LogP contribution in [-0.2, 0) is 4.74 Å². The van der Waals surface area contributed by atoms with Crippen molar-refractivity contribution in [2.75, 3.05) is 44.3 Å². The minimum Gasteiger partial charge on any atom is -0.378 e. The second-order valence-electron chi connectivity index (χ2n) is 6.60. The van der Waals surface area contributed by atoms with E-state index in [0.29, 0.717) is 6.04 Å². The molecule has 0 N–H and O–H groups in total. The van der Waals surface area contributed by atoms with Gasteiger partial charge < -0.3 is 9.64 Å². The number of rotatable bonds is 2. The Morgan fingerprint density at radius 3 is 2.16 bits per heavy atom. The summed E-state index contributed by atoms with van der Waals surface area (Å²) >= 11 is 0. The Bertz CT molecular complexity index is 764. The van der Waals surface area contributed by atoms with Crippen molar-refractivity contribution in [2.45, 2.75) is 13.0 Å². The molecule has 0 aliphatic carbocycles. The lowest BCUT2D eigenvalue weighted by atomic mass is 10.1. The molecule has 4 rings (SSSR count). The summed E-state index contributed by atoms with van der Waals surface area (Å²) in [6, 6.07) is 8.81. The van der Waals surface area contributed by atoms with E-state index in [4.69, 9.17) is 4.74 Å². The molecule has 0 saturated carbocycles. The molecular weight excluding hydrogens is 312 g/mol. The van der Waals surface area contributed by atoms with Crippen LogP contribution in [0.15, 0.2) is 36.7 Å². The number of hydrogen-bond acceptors (Lipinski definition) is 5. The Kier molecular flexibility index (Phi) is 4.64. The summed E-state index contributed by atoms with van der Waals surface area (Å²) in [5.74, 6) is 7.08. The highest BCUT2D eigenvalue weighted by molar-refractivity contribution is 5.43. The summed E-state index contributed by atoms with van der Waals surface area (Å²) in [5, 5.41) is 0. The molecule has 0 atom stereocenters. The van der Waals surface area contributed by atoms with E-state index in [1.165, 1.54) is 5.56 Å². The zero-order chi connectivity index (χ0) is 17.1. The molecule has 0 bridgehead atoms. The summed E-state index contributed by atoms with van der Waals surface area (Å²) in [7, 11) is 0. The molecule has 128 valence electrons. The number of nitrogens with zero attached hydrogens (tertiary/aromatic N) is 4. The lowest BCUT2D eigenvalue weighted by molar-refractivity contribution is -0.0661. The molecular formula is C20H22N4O. The van der Waals surface area contributed by atoms with Crippen LogP contribution in [0.25, 0.3) is 0 Å². The highest BCUT2D eigenvalue weighted by atomic mass is 16.5. The van der Waals surface area contributed by atoms with Gasteiger partial charge in [-0.2, -0.15) is 0 Å². The topological polar surface area (TPSA) is 41.5 Å². The van der Waals surface area contributed by atoms with Crippen molar-refractivity contribution >= 4 is 5.95 Å². The normalized spacial score (nSPS) is 18.4. The van der Waals surface area contributed by atoms with E-state index in [1.807, 2.05) is 24.5 Å². The average molecular weight is 334 g/mol. The molecule has 0 unspecified atom stereocenters. The van der Waals surface area contributed by atoms with Crippen molar-refractivity contribution in [3.05, 3.63) is 53.3 Å². The second kappa shape index (κ2) is 7.22. The van der Waals surface area contributed by atoms with Crippen molar-refractivity contribution in [2.24, 2.45) is 0 Å². The smallest absolute Gasteiger partial charge is 0.225 e. The van der Waals surface area contributed by atoms with Crippen LogP contribution in [0.2, 0.25) is 0 Å². The standard InChI is InChI=1S/C20H22N4O/c1-16-2-4-17(5-3-16)6-7-18-12-21-20(22-13-18)24-10-8-23(9-11-24)19-14-25-15-19/h2-5,12-13,19H,8-11,14-15H2,1H3. The van der Waals surface area contributed by atoms with E-state index in [9.17, 15) is 0 Å². The number of piperazine rings is 1. The van der Waals surface area contributed by atoms with Crippen LogP contribution in [-0.4, -0.2) is 60.3 Å². The zero-order valence-corrected chi connectivity index (χ0v) is 14.5. The average Bonchev–Trinajstić information content (AvgIpc) is 2.61. The number of anilines is 1. The second-order valence-corrected chi connectivity index (χ2v) is 6.60. The van der Waals surface area contributed by atoms with Crippen LogP contribution < -0.4 is 4.90 Å². The molecule has 5 nitrogen and oxygen atoms in total. The highest BCUT2D eigenvalue weighted by Gasteiger charge is 2.29. The fourth-order valence-corrected chi connectivity index (χ4v) is 3.05. The number of aryl methyl sites for hydroxylation is 1. The lowest BCUT2D eigenvalue weighted by Crippen LogP contribution is -2.56. The van der Waals surface area contributed by atoms with E-state index in [-0.39, 0.29) is 0 Å². The van der Waals surface area contributed by atoms with E-state index < -0.39 is 0 Å². The van der Waals surface area contributed by atoms with Gasteiger partial charge in [0.1, 0.15) is 0 Å². The largest absolute Gasteiger partial charge is 0.378 e. The Balaban J connectivity index is 1.36. The van der Waals surface area contributed by atoms with Gasteiger partial charge in [-0.05, 0) is 19.1 Å². The third-order valence-electron chi connectivity index (χ3n) is 4.77. The Morgan fingerprint density at radius 2 is 1.56 bits per heavy atom. The highest BCUT2D eigenvalue weighted by Crippen LogP contribution is 2.16. The molecule has 2 aliphatic rings. The first kappa shape index (κ1) is 16.1. The van der Waals surface area contributed by atoms with Crippen LogP contribution >= 0.6 is 0 Å². The predicted molar refractivity (Wildman–Crippen MR) is 97.6 cm³/mol. The quantitative estimate of drug-likeness (QED) is 0.782. The number of benzene rings is 1. The number of ether oxygens (including phenoxy) is 1. The maximum atomic E-state index is 5.28. The molecule has 0 spiro atoms. The molecule has 2 aliphatic heterocycles. The third kappa shape index (κ3) is 3.81. The minimum atomic E-state index is 0.613. The van der Waals surface area contributed by atoms with Crippen LogP contribution in [0.3, 0.4) is 0 Å². The van der Waals surface area contributed by atoms with Crippen LogP contribution in [0, 0.1) is 18.8 Å². The number of hydrogen-bond donors (Lipinski definition) is 0. The van der Waals surface area contributed by atoms with Gasteiger partial charge in [0.05, 0.1) is 24.8 Å². The summed E-state index contributed by atoms with van der Waals surface area (Å²) in [4.78, 5) is 13.7. The van der Waals surface area contributed by atoms with Crippen LogP contribution in [0.5, 0.6) is 0 Å². The van der Waals surface area contributed by atoms with E-state index in [0.717, 1.165) is 56.5 Å². The van der Waals surface area contributed by atoms with Gasteiger partial charge >= 0.3 is 0 Å². The maximum absolute atomic E-state index is 5.28. The van der Waals surface area contributed by atoms with Gasteiger partial charge in [0.25, 0.3) is 0 Å². The number of aromatic nitrogens is 2. The van der Waals surface area contributed by atoms with Gasteiger partial charge in [-0.15, -0.1) is 0 Å². The summed E-state index contributed by atoms with van der Waals surface area (Å²) in [6.07, 6.45) is 3.63. The maximum Gasteiger partial charge on any atom is 0.225 e. The molecule has 2 fully saturated rings. The fourth-order valence-electron chi connectivity index (χ4n) is 3.05. The van der Waals surface area contributed by atoms with Gasteiger partial charge in [0, 0.05) is 44.1 Å². The van der Waals surface area contributed by atoms with Crippen molar-refractivity contribution in [1.82, 2.24) is 14.9 Å². The Hall–Kier alpha value is -2.42. The van der Waals surface area contributed by atoms with E-state index in [1.54, 1.807) is 0 Å². The first-order chi connectivity index (χ1) is 12.3. The van der Waals surface area contributed by atoms with Gasteiger partial charge in [0.2, 0.25) is 5.95 Å². The van der Waals surface area contributed by atoms with E-state index >= 15 is 0 Å². The monoisotopic (exact) mass is 334 g/mol. The van der Waals surface area contributed by atoms with Crippen LogP contribution in [0.1, 0.15) is 16.7 Å². The predicted octanol–water partition coefficient (Wildman–Crippen LogP) is 1.71. The summed E-state index contributed by atoms with van der Waals surface area (Å²) in [6.45, 7) is 7.85. The molecule has 3 heterocycles.